The summed E-state index contributed by atoms with van der Waals surface area (Å²) in [6.45, 7) is 8.09. The highest BCUT2D eigenvalue weighted by Crippen LogP contribution is 2.36. The zero-order chi connectivity index (χ0) is 28.8. The molecule has 13 heteroatoms. The molecule has 0 aliphatic heterocycles. The van der Waals surface area contributed by atoms with Gasteiger partial charge in [-0.3, -0.25) is 4.79 Å². The number of anilines is 1. The van der Waals surface area contributed by atoms with Crippen LogP contribution >= 0.6 is 8.53 Å². The van der Waals surface area contributed by atoms with Crippen LogP contribution < -0.4 is 20.1 Å². The van der Waals surface area contributed by atoms with E-state index in [1.54, 1.807) is 27.3 Å². The third-order valence-electron chi connectivity index (χ3n) is 5.13. The van der Waals surface area contributed by atoms with E-state index in [4.69, 9.17) is 29.0 Å². The van der Waals surface area contributed by atoms with E-state index in [9.17, 15) is 4.79 Å². The summed E-state index contributed by atoms with van der Waals surface area (Å²) >= 11 is 0. The molecule has 3 atom stereocenters. The Kier molecular flexibility index (Phi) is 13.4. The number of hydrogen-bond acceptors (Lipinski definition) is 11. The monoisotopic (exact) mass is 560 g/mol. The van der Waals surface area contributed by atoms with E-state index in [-0.39, 0.29) is 43.3 Å². The van der Waals surface area contributed by atoms with E-state index in [0.29, 0.717) is 35.8 Å². The summed E-state index contributed by atoms with van der Waals surface area (Å²) in [6.07, 6.45) is 9.78. The minimum absolute atomic E-state index is 0.0465. The molecule has 39 heavy (non-hydrogen) atoms. The van der Waals surface area contributed by atoms with Gasteiger partial charge in [0, 0.05) is 13.2 Å². The Labute approximate surface area is 230 Å². The standard InChI is InChI=1S/C24H35N6O6P.C2H2/c1-6-33-23-21-22(28-24(25)29-23)30(15-26-21)17(4)12-19(32-5)14-34-37(27-13-20(31)35-16(2)3)36-18-10-8-7-9-11-18;1-2/h7-11,15-17,19,27H,6,12-14H2,1-5H3,(H2,25,28,29);1-2H. The van der Waals surface area contributed by atoms with Crippen LogP contribution in [-0.4, -0.2) is 64.6 Å². The van der Waals surface area contributed by atoms with E-state index in [1.165, 1.54) is 0 Å². The lowest BCUT2D eigenvalue weighted by atomic mass is 10.1. The first-order valence-electron chi connectivity index (χ1n) is 12.4. The summed E-state index contributed by atoms with van der Waals surface area (Å²) in [4.78, 5) is 25.0. The number of nitrogens with zero attached hydrogens (tertiary/aromatic N) is 4. The summed E-state index contributed by atoms with van der Waals surface area (Å²) in [7, 11) is -0.0286. The van der Waals surface area contributed by atoms with Gasteiger partial charge in [0.05, 0.1) is 31.7 Å². The molecule has 0 fully saturated rings. The average Bonchev–Trinajstić information content (AvgIpc) is 3.35. The average molecular weight is 561 g/mol. The minimum atomic E-state index is -1.65. The number of para-hydroxylation sites is 1. The van der Waals surface area contributed by atoms with Gasteiger partial charge in [-0.15, -0.1) is 12.8 Å². The van der Waals surface area contributed by atoms with Crippen molar-refractivity contribution >= 4 is 31.6 Å². The number of terminal acetylenes is 1. The molecule has 0 saturated heterocycles. The maximum atomic E-state index is 12.0. The number of hydrogen-bond donors (Lipinski definition) is 2. The normalized spacial score (nSPS) is 13.2. The van der Waals surface area contributed by atoms with E-state index >= 15 is 0 Å². The van der Waals surface area contributed by atoms with Crippen LogP contribution in [0.1, 0.15) is 40.2 Å². The Morgan fingerprint density at radius 3 is 2.54 bits per heavy atom. The molecule has 0 radical (unpaired) electrons. The van der Waals surface area contributed by atoms with Gasteiger partial charge in [-0.05, 0) is 46.2 Å². The third kappa shape index (κ3) is 9.96. The van der Waals surface area contributed by atoms with Crippen LogP contribution in [0.4, 0.5) is 5.95 Å². The first-order valence-corrected chi connectivity index (χ1v) is 13.6. The number of ether oxygens (including phenoxy) is 3. The van der Waals surface area contributed by atoms with Gasteiger partial charge in [-0.25, -0.2) is 10.1 Å². The largest absolute Gasteiger partial charge is 0.476 e. The molecule has 0 saturated carbocycles. The van der Waals surface area contributed by atoms with Gasteiger partial charge in [0.25, 0.3) is 0 Å². The summed E-state index contributed by atoms with van der Waals surface area (Å²) in [5, 5.41) is 3.01. The van der Waals surface area contributed by atoms with Crippen molar-refractivity contribution in [3.05, 3.63) is 36.7 Å². The number of imidazole rings is 1. The van der Waals surface area contributed by atoms with Crippen LogP contribution in [0.3, 0.4) is 0 Å². The fourth-order valence-electron chi connectivity index (χ4n) is 3.46. The first kappa shape index (κ1) is 31.7. The Hall–Kier alpha value is -3.49. The molecule has 0 bridgehead atoms. The predicted molar refractivity (Wildman–Crippen MR) is 150 cm³/mol. The molecular formula is C26H37N6O6P. The van der Waals surface area contributed by atoms with Crippen molar-refractivity contribution in [2.45, 2.75) is 52.4 Å². The molecule has 2 heterocycles. The number of fused-ring (bicyclic) bond motifs is 1. The molecule has 12 nitrogen and oxygen atoms in total. The van der Waals surface area contributed by atoms with Crippen molar-refractivity contribution in [3.63, 3.8) is 0 Å². The van der Waals surface area contributed by atoms with Crippen LogP contribution in [0.2, 0.25) is 0 Å². The van der Waals surface area contributed by atoms with E-state index in [0.717, 1.165) is 0 Å². The van der Waals surface area contributed by atoms with Gasteiger partial charge in [0.1, 0.15) is 12.3 Å². The first-order chi connectivity index (χ1) is 18.8. The van der Waals surface area contributed by atoms with E-state index < -0.39 is 8.53 Å². The molecule has 3 unspecified atom stereocenters. The van der Waals surface area contributed by atoms with Crippen LogP contribution in [0, 0.1) is 12.8 Å². The smallest absolute Gasteiger partial charge is 0.320 e. The van der Waals surface area contributed by atoms with E-state index in [2.05, 4.69) is 32.9 Å². The molecule has 0 spiro atoms. The minimum Gasteiger partial charge on any atom is -0.476 e. The van der Waals surface area contributed by atoms with Crippen LogP contribution in [0.25, 0.3) is 11.2 Å². The molecule has 0 aliphatic rings. The van der Waals surface area contributed by atoms with Crippen molar-refractivity contribution in [3.8, 4) is 24.5 Å². The highest BCUT2D eigenvalue weighted by atomic mass is 31.2. The van der Waals surface area contributed by atoms with Crippen LogP contribution in [0.5, 0.6) is 11.6 Å². The zero-order valence-corrected chi connectivity index (χ0v) is 23.8. The van der Waals surface area contributed by atoms with Gasteiger partial charge in [0.15, 0.2) is 11.2 Å². The summed E-state index contributed by atoms with van der Waals surface area (Å²) in [5.74, 6) is 0.697. The Balaban J connectivity index is 0.00000260. The number of esters is 1. The summed E-state index contributed by atoms with van der Waals surface area (Å²) in [5.41, 5.74) is 7.02. The van der Waals surface area contributed by atoms with Gasteiger partial charge in [-0.1, -0.05) is 18.2 Å². The van der Waals surface area contributed by atoms with Crippen LogP contribution in [0.15, 0.2) is 36.7 Å². The number of nitrogens with two attached hydrogens (primary N) is 1. The SMILES string of the molecule is C#C.CCOc1nc(N)nc2c1ncn2C(C)CC(COP(NCC(=O)OC(C)C)Oc1ccccc1)OC. The highest BCUT2D eigenvalue weighted by molar-refractivity contribution is 7.45. The van der Waals surface area contributed by atoms with Gasteiger partial charge in [-0.2, -0.15) is 9.97 Å². The molecule has 1 aromatic carbocycles. The van der Waals surface area contributed by atoms with Gasteiger partial charge < -0.3 is 33.6 Å². The number of carbonyl (C=O) groups is 1. The number of benzene rings is 1. The zero-order valence-electron chi connectivity index (χ0n) is 22.9. The van der Waals surface area contributed by atoms with Crippen molar-refractivity contribution in [2.24, 2.45) is 0 Å². The molecule has 3 N–H and O–H groups in total. The van der Waals surface area contributed by atoms with Crippen molar-refractivity contribution in [1.82, 2.24) is 24.6 Å². The number of methoxy groups -OCH3 is 1. The molecule has 3 rings (SSSR count). The fraction of sp³-hybridized carbons (Fsp3) is 0.462. The third-order valence-corrected chi connectivity index (χ3v) is 6.31. The van der Waals surface area contributed by atoms with Crippen molar-refractivity contribution in [1.29, 1.82) is 0 Å². The fourth-order valence-corrected chi connectivity index (χ4v) is 4.54. The summed E-state index contributed by atoms with van der Waals surface area (Å²) in [6, 6.07) is 9.18. The number of nitrogen functional groups attached to an aromatic ring is 1. The van der Waals surface area contributed by atoms with Crippen LogP contribution in [-0.2, 0) is 18.8 Å². The Morgan fingerprint density at radius 2 is 1.90 bits per heavy atom. The number of aromatic nitrogens is 4. The molecular weight excluding hydrogens is 523 g/mol. The lowest BCUT2D eigenvalue weighted by Crippen LogP contribution is -2.27. The lowest BCUT2D eigenvalue weighted by molar-refractivity contribution is -0.145. The van der Waals surface area contributed by atoms with Gasteiger partial charge >= 0.3 is 14.5 Å². The van der Waals surface area contributed by atoms with E-state index in [1.807, 2.05) is 48.7 Å². The second-order valence-corrected chi connectivity index (χ2v) is 9.69. The second-order valence-electron chi connectivity index (χ2n) is 8.42. The maximum absolute atomic E-state index is 12.0. The topological polar surface area (TPSA) is 145 Å². The van der Waals surface area contributed by atoms with Crippen molar-refractivity contribution in [2.75, 3.05) is 32.6 Å². The maximum Gasteiger partial charge on any atom is 0.320 e. The molecule has 3 aromatic rings. The van der Waals surface area contributed by atoms with Crippen molar-refractivity contribution < 1.29 is 28.1 Å². The Bertz CT molecular complexity index is 1180. The molecule has 0 amide bonds. The molecule has 2 aromatic heterocycles. The number of nitrogens with one attached hydrogen (secondary N) is 1. The molecule has 0 aliphatic carbocycles. The molecule has 212 valence electrons. The number of carbonyl (C=O) groups excluding carboxylic acids is 1. The Morgan fingerprint density at radius 1 is 1.18 bits per heavy atom. The summed E-state index contributed by atoms with van der Waals surface area (Å²) < 4.78 is 30.4. The quantitative estimate of drug-likeness (QED) is 0.159. The number of rotatable bonds is 15. The highest BCUT2D eigenvalue weighted by Gasteiger charge is 2.23. The second kappa shape index (κ2) is 16.5. The van der Waals surface area contributed by atoms with Gasteiger partial charge in [0.2, 0.25) is 11.8 Å². The lowest BCUT2D eigenvalue weighted by Gasteiger charge is -2.24. The predicted octanol–water partition coefficient (Wildman–Crippen LogP) is 3.89.